The number of para-hydroxylation sites is 1. The lowest BCUT2D eigenvalue weighted by molar-refractivity contribution is 1.18. The first-order valence-corrected chi connectivity index (χ1v) is 23.3. The molecule has 12 rings (SSSR count). The van der Waals surface area contributed by atoms with Gasteiger partial charge in [0.05, 0.1) is 11.0 Å². The number of nitrogens with zero attached hydrogens (tertiary/aromatic N) is 2. The van der Waals surface area contributed by atoms with Crippen molar-refractivity contribution in [3.63, 3.8) is 0 Å². The van der Waals surface area contributed by atoms with Gasteiger partial charge in [-0.05, 0) is 127 Å². The van der Waals surface area contributed by atoms with Gasteiger partial charge in [-0.25, -0.2) is 0 Å². The van der Waals surface area contributed by atoms with Gasteiger partial charge in [0.25, 0.3) is 0 Å². The van der Waals surface area contributed by atoms with Gasteiger partial charge in [-0.3, -0.25) is 0 Å². The smallest absolute Gasteiger partial charge is 0.0547 e. The number of benzene rings is 11. The van der Waals surface area contributed by atoms with E-state index in [1.54, 1.807) is 0 Å². The van der Waals surface area contributed by atoms with Crippen LogP contribution in [0.25, 0.3) is 94.3 Å². The first kappa shape index (κ1) is 40.5. The van der Waals surface area contributed by atoms with E-state index in [9.17, 15) is 0 Å². The van der Waals surface area contributed by atoms with E-state index in [0.29, 0.717) is 0 Å². The molecule has 2 heteroatoms. The Kier molecular flexibility index (Phi) is 10.6. The average molecular weight is 867 g/mol. The number of anilines is 3. The third kappa shape index (κ3) is 7.64. The third-order valence-corrected chi connectivity index (χ3v) is 13.2. The van der Waals surface area contributed by atoms with E-state index in [2.05, 4.69) is 289 Å². The summed E-state index contributed by atoms with van der Waals surface area (Å²) in [4.78, 5) is 2.37. The predicted octanol–water partition coefficient (Wildman–Crippen LogP) is 18.3. The van der Waals surface area contributed by atoms with Crippen molar-refractivity contribution in [2.75, 3.05) is 4.90 Å². The number of aromatic nitrogens is 1. The van der Waals surface area contributed by atoms with Crippen LogP contribution in [0.3, 0.4) is 0 Å². The minimum Gasteiger partial charge on any atom is -0.310 e. The molecule has 0 saturated heterocycles. The molecule has 0 aliphatic carbocycles. The number of rotatable bonds is 10. The van der Waals surface area contributed by atoms with Crippen molar-refractivity contribution in [3.05, 3.63) is 279 Å². The molecule has 68 heavy (non-hydrogen) atoms. The van der Waals surface area contributed by atoms with Gasteiger partial charge in [-0.1, -0.05) is 218 Å². The van der Waals surface area contributed by atoms with Crippen LogP contribution in [0, 0.1) is 0 Å². The predicted molar refractivity (Wildman–Crippen MR) is 288 cm³/mol. The average Bonchev–Trinajstić information content (AvgIpc) is 3.76. The molecule has 320 valence electrons. The maximum Gasteiger partial charge on any atom is 0.0547 e. The molecule has 0 aliphatic rings. The fraction of sp³-hybridized carbons (Fsp3) is 0. The minimum absolute atomic E-state index is 1.08. The highest BCUT2D eigenvalue weighted by atomic mass is 15.1. The van der Waals surface area contributed by atoms with Crippen LogP contribution in [0.15, 0.2) is 279 Å². The maximum atomic E-state index is 2.44. The van der Waals surface area contributed by atoms with Crippen LogP contribution in [0.5, 0.6) is 0 Å². The largest absolute Gasteiger partial charge is 0.310 e. The molecular weight excluding hydrogens is 821 g/mol. The van der Waals surface area contributed by atoms with Crippen LogP contribution < -0.4 is 4.90 Å². The molecule has 12 aromatic rings. The van der Waals surface area contributed by atoms with Crippen molar-refractivity contribution in [2.24, 2.45) is 0 Å². The van der Waals surface area contributed by atoms with Gasteiger partial charge in [0, 0.05) is 33.5 Å². The Hall–Kier alpha value is -8.98. The van der Waals surface area contributed by atoms with Crippen molar-refractivity contribution in [2.45, 2.75) is 0 Å². The van der Waals surface area contributed by atoms with Gasteiger partial charge in [0.1, 0.15) is 0 Å². The molecule has 2 nitrogen and oxygen atoms in total. The summed E-state index contributed by atoms with van der Waals surface area (Å²) in [5.41, 5.74) is 21.0. The van der Waals surface area contributed by atoms with Crippen LogP contribution in [0.1, 0.15) is 0 Å². The van der Waals surface area contributed by atoms with E-state index in [0.717, 1.165) is 28.3 Å². The zero-order valence-corrected chi connectivity index (χ0v) is 37.5. The second-order valence-electron chi connectivity index (χ2n) is 17.3. The van der Waals surface area contributed by atoms with Crippen LogP contribution in [-0.2, 0) is 0 Å². The van der Waals surface area contributed by atoms with Gasteiger partial charge in [0.2, 0.25) is 0 Å². The van der Waals surface area contributed by atoms with Crippen molar-refractivity contribution < 1.29 is 0 Å². The van der Waals surface area contributed by atoms with E-state index in [4.69, 9.17) is 0 Å². The molecular formula is C66H46N2. The molecule has 0 N–H and O–H groups in total. The van der Waals surface area contributed by atoms with Crippen LogP contribution >= 0.6 is 0 Å². The third-order valence-electron chi connectivity index (χ3n) is 13.2. The molecule has 0 bridgehead atoms. The van der Waals surface area contributed by atoms with E-state index in [1.807, 2.05) is 0 Å². The van der Waals surface area contributed by atoms with E-state index >= 15 is 0 Å². The lowest BCUT2D eigenvalue weighted by Crippen LogP contribution is -2.10. The van der Waals surface area contributed by atoms with Gasteiger partial charge < -0.3 is 9.47 Å². The molecule has 0 unspecified atom stereocenters. The molecule has 0 spiro atoms. The maximum absolute atomic E-state index is 2.44. The standard InChI is InChI=1S/C66H46N2/c1-4-19-47(20-5-1)51-25-16-28-56(43-51)67(57-29-17-26-52(44-57)48-21-6-2-7-22-48)55-40-37-50(38-41-55)60-32-11-13-34-62(60)54-39-42-64-63-35-14-15-36-65(63)68(66(64)46-54)58-30-18-27-53(45-58)61-33-12-10-31-59(61)49-23-8-3-9-24-49/h1-46H. The minimum atomic E-state index is 1.08. The van der Waals surface area contributed by atoms with Crippen molar-refractivity contribution in [3.8, 4) is 72.4 Å². The monoisotopic (exact) mass is 866 g/mol. The summed E-state index contributed by atoms with van der Waals surface area (Å²) < 4.78 is 2.44. The molecule has 11 aromatic carbocycles. The summed E-state index contributed by atoms with van der Waals surface area (Å²) in [5, 5.41) is 2.47. The number of hydrogen-bond acceptors (Lipinski definition) is 1. The summed E-state index contributed by atoms with van der Waals surface area (Å²) in [7, 11) is 0. The summed E-state index contributed by atoms with van der Waals surface area (Å²) in [6, 6.07) is 101. The van der Waals surface area contributed by atoms with Crippen molar-refractivity contribution >= 4 is 38.9 Å². The molecule has 0 aliphatic heterocycles. The fourth-order valence-corrected chi connectivity index (χ4v) is 9.97. The summed E-state index contributed by atoms with van der Waals surface area (Å²) >= 11 is 0. The molecule has 0 atom stereocenters. The Morgan fingerprint density at radius 2 is 0.632 bits per heavy atom. The normalized spacial score (nSPS) is 11.2. The van der Waals surface area contributed by atoms with Crippen LogP contribution in [0.4, 0.5) is 17.1 Å². The second-order valence-corrected chi connectivity index (χ2v) is 17.3. The van der Waals surface area contributed by atoms with Gasteiger partial charge in [-0.15, -0.1) is 0 Å². The van der Waals surface area contributed by atoms with Gasteiger partial charge in [-0.2, -0.15) is 0 Å². The quantitative estimate of drug-likeness (QED) is 0.133. The number of fused-ring (bicyclic) bond motifs is 3. The van der Waals surface area contributed by atoms with Crippen molar-refractivity contribution in [1.82, 2.24) is 4.57 Å². The Bertz CT molecular complexity index is 3640. The number of hydrogen-bond donors (Lipinski definition) is 0. The first-order chi connectivity index (χ1) is 33.7. The summed E-state index contributed by atoms with van der Waals surface area (Å²) in [6.07, 6.45) is 0. The fourth-order valence-electron chi connectivity index (χ4n) is 9.97. The first-order valence-electron chi connectivity index (χ1n) is 23.3. The molecule has 0 radical (unpaired) electrons. The summed E-state index contributed by atoms with van der Waals surface area (Å²) in [5.74, 6) is 0. The Morgan fingerprint density at radius 3 is 1.22 bits per heavy atom. The lowest BCUT2D eigenvalue weighted by atomic mass is 9.93. The lowest BCUT2D eigenvalue weighted by Gasteiger charge is -2.27. The zero-order valence-electron chi connectivity index (χ0n) is 37.5. The SMILES string of the molecule is c1ccc(-c2cccc(N(c3ccc(-c4ccccc4-c4ccc5c6ccccc6n(-c6cccc(-c7ccccc7-c7ccccc7)c6)c5c4)cc3)c3cccc(-c4ccccc4)c3)c2)cc1. The van der Waals surface area contributed by atoms with E-state index in [1.165, 1.54) is 83.0 Å². The Labute approximate surface area is 397 Å². The van der Waals surface area contributed by atoms with Crippen molar-refractivity contribution in [1.29, 1.82) is 0 Å². The Morgan fingerprint density at radius 1 is 0.221 bits per heavy atom. The second kappa shape index (κ2) is 17.8. The van der Waals surface area contributed by atoms with E-state index < -0.39 is 0 Å². The Balaban J connectivity index is 0.945. The topological polar surface area (TPSA) is 8.17 Å². The van der Waals surface area contributed by atoms with Gasteiger partial charge in [0.15, 0.2) is 0 Å². The molecule has 0 amide bonds. The summed E-state index contributed by atoms with van der Waals surface area (Å²) in [6.45, 7) is 0. The highest BCUT2D eigenvalue weighted by Gasteiger charge is 2.18. The molecule has 1 aromatic heterocycles. The molecule has 0 fully saturated rings. The molecule has 0 saturated carbocycles. The highest BCUT2D eigenvalue weighted by Crippen LogP contribution is 2.42. The van der Waals surface area contributed by atoms with Crippen LogP contribution in [-0.4, -0.2) is 4.57 Å². The molecule has 1 heterocycles. The van der Waals surface area contributed by atoms with Gasteiger partial charge >= 0.3 is 0 Å². The van der Waals surface area contributed by atoms with Crippen LogP contribution in [0.2, 0.25) is 0 Å². The zero-order chi connectivity index (χ0) is 45.2. The van der Waals surface area contributed by atoms with E-state index in [-0.39, 0.29) is 0 Å². The highest BCUT2D eigenvalue weighted by molar-refractivity contribution is 6.10.